The summed E-state index contributed by atoms with van der Waals surface area (Å²) >= 11 is 6.07. The largest absolute Gasteiger partial charge is 0.496 e. The van der Waals surface area contributed by atoms with Gasteiger partial charge in [0.05, 0.1) is 18.2 Å². The molecule has 0 radical (unpaired) electrons. The minimum absolute atomic E-state index is 0. The van der Waals surface area contributed by atoms with Gasteiger partial charge in [0.1, 0.15) is 11.8 Å². The SMILES string of the molecule is COc1ccc(Cl)cc1C(=O)N1CCCC1c1nc(C2(N)CCC2)no1.Cl. The number of halogens is 2. The van der Waals surface area contributed by atoms with E-state index < -0.39 is 5.54 Å². The van der Waals surface area contributed by atoms with Crippen LogP contribution >= 0.6 is 24.0 Å². The van der Waals surface area contributed by atoms with Crippen LogP contribution in [0.5, 0.6) is 5.75 Å². The standard InChI is InChI=1S/C18H21ClN4O3.ClH/c1-25-14-6-5-11(19)10-12(14)16(24)23-9-2-4-13(23)15-21-17(22-26-15)18(20)7-3-8-18;/h5-6,10,13H,2-4,7-9,20H2,1H3;1H. The normalized spacial score (nSPS) is 20.7. The fraction of sp³-hybridized carbons (Fsp3) is 0.500. The van der Waals surface area contributed by atoms with Gasteiger partial charge in [0, 0.05) is 11.6 Å². The number of hydrogen-bond donors (Lipinski definition) is 1. The molecule has 9 heteroatoms. The molecule has 0 bridgehead atoms. The molecule has 1 unspecified atom stereocenters. The van der Waals surface area contributed by atoms with Crippen molar-refractivity contribution in [2.24, 2.45) is 5.73 Å². The van der Waals surface area contributed by atoms with Crippen molar-refractivity contribution in [1.82, 2.24) is 15.0 Å². The summed E-state index contributed by atoms with van der Waals surface area (Å²) < 4.78 is 10.8. The fourth-order valence-corrected chi connectivity index (χ4v) is 3.79. The first kappa shape index (κ1) is 19.9. The number of rotatable bonds is 4. The van der Waals surface area contributed by atoms with Crippen molar-refractivity contribution in [2.75, 3.05) is 13.7 Å². The molecule has 1 atom stereocenters. The lowest BCUT2D eigenvalue weighted by Crippen LogP contribution is -2.44. The molecule has 2 aliphatic rings. The highest BCUT2D eigenvalue weighted by Gasteiger charge is 2.41. The molecule has 1 aliphatic carbocycles. The second-order valence-corrected chi connectivity index (χ2v) is 7.40. The number of hydrogen-bond acceptors (Lipinski definition) is 6. The highest BCUT2D eigenvalue weighted by Crippen LogP contribution is 2.39. The summed E-state index contributed by atoms with van der Waals surface area (Å²) in [5.41, 5.74) is 6.23. The number of nitrogens with two attached hydrogens (primary N) is 1. The van der Waals surface area contributed by atoms with Crippen LogP contribution in [-0.2, 0) is 5.54 Å². The molecule has 1 saturated carbocycles. The molecular formula is C18H22Cl2N4O3. The summed E-state index contributed by atoms with van der Waals surface area (Å²) in [6.45, 7) is 0.616. The molecule has 1 aromatic carbocycles. The minimum atomic E-state index is -0.481. The Morgan fingerprint density at radius 1 is 1.41 bits per heavy atom. The quantitative estimate of drug-likeness (QED) is 0.825. The number of carbonyl (C=O) groups is 1. The average molecular weight is 413 g/mol. The van der Waals surface area contributed by atoms with Crippen molar-refractivity contribution in [3.63, 3.8) is 0 Å². The third-order valence-corrected chi connectivity index (χ3v) is 5.56. The lowest BCUT2D eigenvalue weighted by Gasteiger charge is -2.34. The first-order valence-corrected chi connectivity index (χ1v) is 9.17. The Bertz CT molecular complexity index is 838. The predicted octanol–water partition coefficient (Wildman–Crippen LogP) is 3.47. The lowest BCUT2D eigenvalue weighted by atomic mass is 9.77. The average Bonchev–Trinajstić information content (AvgIpc) is 3.28. The van der Waals surface area contributed by atoms with Gasteiger partial charge in [0.2, 0.25) is 5.89 Å². The summed E-state index contributed by atoms with van der Waals surface area (Å²) in [5, 5.41) is 4.56. The fourth-order valence-electron chi connectivity index (χ4n) is 3.62. The molecule has 2 fully saturated rings. The number of aromatic nitrogens is 2. The summed E-state index contributed by atoms with van der Waals surface area (Å²) in [4.78, 5) is 19.4. The van der Waals surface area contributed by atoms with E-state index in [2.05, 4.69) is 10.1 Å². The summed E-state index contributed by atoms with van der Waals surface area (Å²) in [7, 11) is 1.53. The number of carbonyl (C=O) groups excluding carboxylic acids is 1. The Hall–Kier alpha value is -1.83. The van der Waals surface area contributed by atoms with Crippen LogP contribution < -0.4 is 10.5 Å². The van der Waals surface area contributed by atoms with Gasteiger partial charge in [-0.25, -0.2) is 0 Å². The number of ether oxygens (including phenoxy) is 1. The van der Waals surface area contributed by atoms with Crippen LogP contribution in [0.1, 0.15) is 60.2 Å². The maximum Gasteiger partial charge on any atom is 0.258 e. The van der Waals surface area contributed by atoms with Crippen molar-refractivity contribution in [1.29, 1.82) is 0 Å². The van der Waals surface area contributed by atoms with Gasteiger partial charge in [-0.15, -0.1) is 12.4 Å². The Labute approximate surface area is 168 Å². The zero-order chi connectivity index (χ0) is 18.3. The van der Waals surface area contributed by atoms with Crippen molar-refractivity contribution >= 4 is 29.9 Å². The van der Waals surface area contributed by atoms with Crippen molar-refractivity contribution in [3.8, 4) is 5.75 Å². The van der Waals surface area contributed by atoms with Gasteiger partial charge in [-0.05, 0) is 50.3 Å². The third kappa shape index (κ3) is 3.51. The van der Waals surface area contributed by atoms with E-state index in [-0.39, 0.29) is 24.4 Å². The third-order valence-electron chi connectivity index (χ3n) is 5.32. The molecule has 7 nitrogen and oxygen atoms in total. The summed E-state index contributed by atoms with van der Waals surface area (Å²) in [5.74, 6) is 1.33. The van der Waals surface area contributed by atoms with Crippen LogP contribution in [0.25, 0.3) is 0 Å². The van der Waals surface area contributed by atoms with E-state index in [0.29, 0.717) is 34.6 Å². The first-order chi connectivity index (χ1) is 12.5. The smallest absolute Gasteiger partial charge is 0.258 e. The van der Waals surface area contributed by atoms with Gasteiger partial charge < -0.3 is 19.9 Å². The van der Waals surface area contributed by atoms with E-state index >= 15 is 0 Å². The molecule has 2 heterocycles. The molecule has 1 amide bonds. The van der Waals surface area contributed by atoms with Gasteiger partial charge in [-0.3, -0.25) is 4.79 Å². The molecule has 0 spiro atoms. The van der Waals surface area contributed by atoms with Crippen molar-refractivity contribution in [3.05, 3.63) is 40.5 Å². The number of methoxy groups -OCH3 is 1. The monoisotopic (exact) mass is 412 g/mol. The highest BCUT2D eigenvalue weighted by molar-refractivity contribution is 6.31. The van der Waals surface area contributed by atoms with Gasteiger partial charge in [0.25, 0.3) is 5.91 Å². The van der Waals surface area contributed by atoms with E-state index in [1.165, 1.54) is 7.11 Å². The predicted molar refractivity (Wildman–Crippen MR) is 102 cm³/mol. The topological polar surface area (TPSA) is 94.5 Å². The van der Waals surface area contributed by atoms with E-state index in [4.69, 9.17) is 26.6 Å². The van der Waals surface area contributed by atoms with Crippen molar-refractivity contribution < 1.29 is 14.1 Å². The molecule has 1 aliphatic heterocycles. The Morgan fingerprint density at radius 3 is 2.85 bits per heavy atom. The number of nitrogens with zero attached hydrogens (tertiary/aromatic N) is 3. The van der Waals surface area contributed by atoms with Crippen LogP contribution in [0.15, 0.2) is 22.7 Å². The Morgan fingerprint density at radius 2 is 2.19 bits per heavy atom. The second-order valence-electron chi connectivity index (χ2n) is 6.97. The molecule has 1 aromatic heterocycles. The molecule has 146 valence electrons. The number of benzene rings is 1. The van der Waals surface area contributed by atoms with E-state index in [0.717, 1.165) is 32.1 Å². The van der Waals surface area contributed by atoms with Crippen LogP contribution in [-0.4, -0.2) is 34.6 Å². The maximum atomic E-state index is 13.1. The first-order valence-electron chi connectivity index (χ1n) is 8.79. The van der Waals surface area contributed by atoms with Crippen LogP contribution in [0, 0.1) is 0 Å². The van der Waals surface area contributed by atoms with Crippen molar-refractivity contribution in [2.45, 2.75) is 43.7 Å². The maximum absolute atomic E-state index is 13.1. The van der Waals surface area contributed by atoms with Gasteiger partial charge >= 0.3 is 0 Å². The van der Waals surface area contributed by atoms with Gasteiger partial charge in [-0.2, -0.15) is 4.98 Å². The minimum Gasteiger partial charge on any atom is -0.496 e. The van der Waals surface area contributed by atoms with Crippen LogP contribution in [0.2, 0.25) is 5.02 Å². The van der Waals surface area contributed by atoms with E-state index in [9.17, 15) is 4.79 Å². The number of likely N-dealkylation sites (tertiary alicyclic amines) is 1. The Kier molecular flexibility index (Phi) is 5.65. The van der Waals surface area contributed by atoms with E-state index in [1.54, 1.807) is 23.1 Å². The van der Waals surface area contributed by atoms with Gasteiger partial charge in [0.15, 0.2) is 5.82 Å². The van der Waals surface area contributed by atoms with Gasteiger partial charge in [-0.1, -0.05) is 16.8 Å². The zero-order valence-corrected chi connectivity index (χ0v) is 16.6. The molecule has 1 saturated heterocycles. The zero-order valence-electron chi connectivity index (χ0n) is 15.0. The highest BCUT2D eigenvalue weighted by atomic mass is 35.5. The molecular weight excluding hydrogens is 391 g/mol. The number of amides is 1. The molecule has 27 heavy (non-hydrogen) atoms. The molecule has 2 aromatic rings. The van der Waals surface area contributed by atoms with Crippen LogP contribution in [0.4, 0.5) is 0 Å². The van der Waals surface area contributed by atoms with Crippen LogP contribution in [0.3, 0.4) is 0 Å². The molecule has 2 N–H and O–H groups in total. The Balaban J connectivity index is 0.00000210. The lowest BCUT2D eigenvalue weighted by molar-refractivity contribution is 0.0706. The van der Waals surface area contributed by atoms with E-state index in [1.807, 2.05) is 0 Å². The summed E-state index contributed by atoms with van der Waals surface area (Å²) in [6.07, 6.45) is 4.43. The summed E-state index contributed by atoms with van der Waals surface area (Å²) in [6, 6.07) is 4.76. The molecule has 4 rings (SSSR count). The second kappa shape index (κ2) is 7.66.